The van der Waals surface area contributed by atoms with E-state index in [0.717, 1.165) is 42.1 Å². The molecule has 0 spiro atoms. The van der Waals surface area contributed by atoms with Crippen molar-refractivity contribution in [3.63, 3.8) is 0 Å². The van der Waals surface area contributed by atoms with Gasteiger partial charge in [0.05, 0.1) is 12.7 Å². The predicted molar refractivity (Wildman–Crippen MR) is 110 cm³/mol. The van der Waals surface area contributed by atoms with Crippen LogP contribution in [0, 0.1) is 11.8 Å². The average Bonchev–Trinajstić information content (AvgIpc) is 3.14. The van der Waals surface area contributed by atoms with Gasteiger partial charge in [0, 0.05) is 17.4 Å². The first kappa shape index (κ1) is 19.7. The lowest BCUT2D eigenvalue weighted by Gasteiger charge is -2.42. The molecule has 2 aliphatic carbocycles. The van der Waals surface area contributed by atoms with E-state index in [2.05, 4.69) is 34.7 Å². The smallest absolute Gasteiger partial charge is 0.258 e. The molecule has 4 heteroatoms. The van der Waals surface area contributed by atoms with Crippen LogP contribution in [0.25, 0.3) is 0 Å². The molecule has 2 aliphatic rings. The first-order chi connectivity index (χ1) is 12.5. The van der Waals surface area contributed by atoms with Crippen molar-refractivity contribution in [2.24, 2.45) is 11.8 Å². The standard InChI is InChI=1S/C22H32BrNO2/c1-15-10-16(2)12-19(11-15)24(18-6-4-5-7-18)22(25)20-9-8-17(14-23)13-21(20)26-3/h8-9,13,15-16,18-19H,4-7,10-12,14H2,1-3H3. The van der Waals surface area contributed by atoms with Gasteiger partial charge in [0.2, 0.25) is 0 Å². The third kappa shape index (κ3) is 4.27. The largest absolute Gasteiger partial charge is 0.496 e. The van der Waals surface area contributed by atoms with Crippen LogP contribution < -0.4 is 4.74 Å². The maximum absolute atomic E-state index is 13.7. The van der Waals surface area contributed by atoms with Gasteiger partial charge in [0.1, 0.15) is 5.75 Å². The van der Waals surface area contributed by atoms with Crippen molar-refractivity contribution < 1.29 is 9.53 Å². The van der Waals surface area contributed by atoms with Gasteiger partial charge < -0.3 is 9.64 Å². The van der Waals surface area contributed by atoms with Gasteiger partial charge in [-0.3, -0.25) is 4.79 Å². The minimum absolute atomic E-state index is 0.168. The van der Waals surface area contributed by atoms with E-state index in [1.807, 2.05) is 18.2 Å². The molecule has 3 nitrogen and oxygen atoms in total. The molecule has 1 aromatic rings. The van der Waals surface area contributed by atoms with Crippen molar-refractivity contribution in [3.8, 4) is 5.75 Å². The van der Waals surface area contributed by atoms with E-state index < -0.39 is 0 Å². The van der Waals surface area contributed by atoms with Gasteiger partial charge in [-0.05, 0) is 61.6 Å². The molecule has 2 saturated carbocycles. The second kappa shape index (κ2) is 8.77. The molecule has 0 bridgehead atoms. The lowest BCUT2D eigenvalue weighted by atomic mass is 9.79. The van der Waals surface area contributed by atoms with Crippen molar-refractivity contribution in [3.05, 3.63) is 29.3 Å². The topological polar surface area (TPSA) is 29.5 Å². The molecule has 1 amide bonds. The Morgan fingerprint density at radius 1 is 1.12 bits per heavy atom. The van der Waals surface area contributed by atoms with Crippen LogP contribution in [-0.2, 0) is 5.33 Å². The second-order valence-corrected chi connectivity index (χ2v) is 8.95. The van der Waals surface area contributed by atoms with Gasteiger partial charge in [-0.2, -0.15) is 0 Å². The third-order valence-corrected chi connectivity index (χ3v) is 6.80. The summed E-state index contributed by atoms with van der Waals surface area (Å²) in [5.74, 6) is 2.25. The van der Waals surface area contributed by atoms with E-state index in [4.69, 9.17) is 4.74 Å². The summed E-state index contributed by atoms with van der Waals surface area (Å²) in [5, 5.41) is 0.766. The summed E-state index contributed by atoms with van der Waals surface area (Å²) in [6, 6.07) is 6.73. The van der Waals surface area contributed by atoms with Crippen LogP contribution in [0.15, 0.2) is 18.2 Å². The Kier molecular flexibility index (Phi) is 6.65. The molecule has 144 valence electrons. The number of hydrogen-bond acceptors (Lipinski definition) is 2. The van der Waals surface area contributed by atoms with Gasteiger partial charge in [-0.15, -0.1) is 0 Å². The Morgan fingerprint density at radius 2 is 1.77 bits per heavy atom. The van der Waals surface area contributed by atoms with Crippen LogP contribution in [0.5, 0.6) is 5.75 Å². The predicted octanol–water partition coefficient (Wildman–Crippen LogP) is 5.80. The van der Waals surface area contributed by atoms with Crippen LogP contribution >= 0.6 is 15.9 Å². The van der Waals surface area contributed by atoms with Crippen LogP contribution in [0.2, 0.25) is 0 Å². The molecule has 0 aliphatic heterocycles. The zero-order chi connectivity index (χ0) is 18.7. The fraction of sp³-hybridized carbons (Fsp3) is 0.682. The van der Waals surface area contributed by atoms with E-state index in [-0.39, 0.29) is 5.91 Å². The molecule has 2 unspecified atom stereocenters. The Hall–Kier alpha value is -1.03. The Balaban J connectivity index is 1.92. The average molecular weight is 422 g/mol. The number of alkyl halides is 1. The highest BCUT2D eigenvalue weighted by Crippen LogP contribution is 2.37. The first-order valence-corrected chi connectivity index (χ1v) is 11.2. The first-order valence-electron chi connectivity index (χ1n) is 10.1. The highest BCUT2D eigenvalue weighted by molar-refractivity contribution is 9.08. The summed E-state index contributed by atoms with van der Waals surface area (Å²) >= 11 is 3.49. The summed E-state index contributed by atoms with van der Waals surface area (Å²) in [7, 11) is 1.66. The van der Waals surface area contributed by atoms with E-state index >= 15 is 0 Å². The van der Waals surface area contributed by atoms with Gasteiger partial charge in [-0.25, -0.2) is 0 Å². The van der Waals surface area contributed by atoms with E-state index in [1.54, 1.807) is 7.11 Å². The highest BCUT2D eigenvalue weighted by atomic mass is 79.9. The van der Waals surface area contributed by atoms with Crippen molar-refractivity contribution >= 4 is 21.8 Å². The van der Waals surface area contributed by atoms with E-state index in [1.165, 1.54) is 19.3 Å². The molecule has 0 saturated heterocycles. The third-order valence-electron chi connectivity index (χ3n) is 6.15. The van der Waals surface area contributed by atoms with Crippen LogP contribution in [0.1, 0.15) is 74.7 Å². The maximum atomic E-state index is 13.7. The Labute approximate surface area is 166 Å². The monoisotopic (exact) mass is 421 g/mol. The quantitative estimate of drug-likeness (QED) is 0.562. The molecule has 0 N–H and O–H groups in total. The zero-order valence-electron chi connectivity index (χ0n) is 16.3. The van der Waals surface area contributed by atoms with E-state index in [0.29, 0.717) is 29.7 Å². The van der Waals surface area contributed by atoms with Crippen molar-refractivity contribution in [1.82, 2.24) is 4.90 Å². The van der Waals surface area contributed by atoms with Crippen LogP contribution in [0.3, 0.4) is 0 Å². The summed E-state index contributed by atoms with van der Waals surface area (Å²) in [5.41, 5.74) is 1.85. The van der Waals surface area contributed by atoms with Gasteiger partial charge >= 0.3 is 0 Å². The highest BCUT2D eigenvalue weighted by Gasteiger charge is 2.37. The van der Waals surface area contributed by atoms with Gasteiger partial charge in [0.25, 0.3) is 5.91 Å². The number of benzene rings is 1. The molecular formula is C22H32BrNO2. The zero-order valence-corrected chi connectivity index (χ0v) is 17.9. The number of nitrogens with zero attached hydrogens (tertiary/aromatic N) is 1. The molecule has 3 rings (SSSR count). The lowest BCUT2D eigenvalue weighted by molar-refractivity contribution is 0.0426. The fourth-order valence-corrected chi connectivity index (χ4v) is 5.43. The summed E-state index contributed by atoms with van der Waals surface area (Å²) < 4.78 is 5.58. The molecule has 0 aromatic heterocycles. The lowest BCUT2D eigenvalue weighted by Crippen LogP contribution is -2.49. The SMILES string of the molecule is COc1cc(CBr)ccc1C(=O)N(C1CCCC1)C1CC(C)CC(C)C1. The number of ether oxygens (including phenoxy) is 1. The number of rotatable bonds is 5. The molecular weight excluding hydrogens is 390 g/mol. The maximum Gasteiger partial charge on any atom is 0.258 e. The summed E-state index contributed by atoms with van der Waals surface area (Å²) in [4.78, 5) is 15.9. The van der Waals surface area contributed by atoms with Gasteiger partial charge in [0.15, 0.2) is 0 Å². The van der Waals surface area contributed by atoms with Crippen molar-refractivity contribution in [2.75, 3.05) is 7.11 Å². The molecule has 1 aromatic carbocycles. The molecule has 26 heavy (non-hydrogen) atoms. The van der Waals surface area contributed by atoms with Gasteiger partial charge in [-0.1, -0.05) is 48.7 Å². The normalized spacial score (nSPS) is 26.7. The van der Waals surface area contributed by atoms with Crippen LogP contribution in [-0.4, -0.2) is 30.0 Å². The Bertz CT molecular complexity index is 617. The molecule has 0 heterocycles. The number of carbonyl (C=O) groups excluding carboxylic acids is 1. The molecule has 2 atom stereocenters. The van der Waals surface area contributed by atoms with Crippen LogP contribution in [0.4, 0.5) is 0 Å². The number of amides is 1. The number of halogens is 1. The minimum Gasteiger partial charge on any atom is -0.496 e. The fourth-order valence-electron chi connectivity index (χ4n) is 5.08. The molecule has 2 fully saturated rings. The van der Waals surface area contributed by atoms with Crippen molar-refractivity contribution in [2.45, 2.75) is 76.2 Å². The van der Waals surface area contributed by atoms with E-state index in [9.17, 15) is 4.79 Å². The molecule has 0 radical (unpaired) electrons. The van der Waals surface area contributed by atoms with Crippen molar-refractivity contribution in [1.29, 1.82) is 0 Å². The summed E-state index contributed by atoms with van der Waals surface area (Å²) in [6.07, 6.45) is 8.33. The Morgan fingerprint density at radius 3 is 2.35 bits per heavy atom. The number of methoxy groups -OCH3 is 1. The number of hydrogen-bond donors (Lipinski definition) is 0. The minimum atomic E-state index is 0.168. The summed E-state index contributed by atoms with van der Waals surface area (Å²) in [6.45, 7) is 4.68. The second-order valence-electron chi connectivity index (χ2n) is 8.39. The number of carbonyl (C=O) groups is 1.